The van der Waals surface area contributed by atoms with Crippen molar-refractivity contribution in [2.75, 3.05) is 13.1 Å². The van der Waals surface area contributed by atoms with Crippen LogP contribution in [0.2, 0.25) is 0 Å². The molecule has 0 atom stereocenters. The molecule has 2 rings (SSSR count). The smallest absolute Gasteiger partial charge is 0.244 e. The SMILES string of the molecule is NC(=O)CC1CCN(S(=O)(=O)c2cc(Br)ccc2Br)CC1. The van der Waals surface area contributed by atoms with Crippen LogP contribution in [0.25, 0.3) is 0 Å². The summed E-state index contributed by atoms with van der Waals surface area (Å²) in [4.78, 5) is 11.2. The molecule has 1 aromatic carbocycles. The Balaban J connectivity index is 2.15. The lowest BCUT2D eigenvalue weighted by atomic mass is 9.94. The van der Waals surface area contributed by atoms with Crippen molar-refractivity contribution in [1.29, 1.82) is 0 Å². The molecule has 2 N–H and O–H groups in total. The standard InChI is InChI=1S/C13H16Br2N2O3S/c14-10-1-2-11(15)12(8-10)21(19,20)17-5-3-9(4-6-17)7-13(16)18/h1-2,8-9H,3-7H2,(H2,16,18). The van der Waals surface area contributed by atoms with Gasteiger partial charge in [0.1, 0.15) is 0 Å². The van der Waals surface area contributed by atoms with Crippen LogP contribution < -0.4 is 5.73 Å². The second kappa shape index (κ2) is 6.76. The van der Waals surface area contributed by atoms with Gasteiger partial charge >= 0.3 is 0 Å². The van der Waals surface area contributed by atoms with E-state index in [0.717, 1.165) is 0 Å². The maximum atomic E-state index is 12.7. The van der Waals surface area contributed by atoms with Gasteiger partial charge in [0, 0.05) is 28.5 Å². The Morgan fingerprint density at radius 1 is 1.29 bits per heavy atom. The topological polar surface area (TPSA) is 80.5 Å². The van der Waals surface area contributed by atoms with Crippen molar-refractivity contribution < 1.29 is 13.2 Å². The fraction of sp³-hybridized carbons (Fsp3) is 0.462. The van der Waals surface area contributed by atoms with Crippen LogP contribution in [-0.2, 0) is 14.8 Å². The zero-order chi connectivity index (χ0) is 15.6. The summed E-state index contributed by atoms with van der Waals surface area (Å²) in [7, 11) is -3.53. The average molecular weight is 440 g/mol. The van der Waals surface area contributed by atoms with Gasteiger partial charge in [-0.2, -0.15) is 4.31 Å². The predicted molar refractivity (Wildman–Crippen MR) is 87.1 cm³/mol. The Morgan fingerprint density at radius 2 is 1.90 bits per heavy atom. The van der Waals surface area contributed by atoms with E-state index in [-0.39, 0.29) is 16.7 Å². The van der Waals surface area contributed by atoms with E-state index in [9.17, 15) is 13.2 Å². The van der Waals surface area contributed by atoms with Gasteiger partial charge in [0.05, 0.1) is 4.90 Å². The molecule has 0 bridgehead atoms. The summed E-state index contributed by atoms with van der Waals surface area (Å²) in [5.74, 6) is -0.147. The number of nitrogens with two attached hydrogens (primary N) is 1. The van der Waals surface area contributed by atoms with Crippen molar-refractivity contribution in [2.24, 2.45) is 11.7 Å². The van der Waals surface area contributed by atoms with Crippen molar-refractivity contribution in [3.05, 3.63) is 27.1 Å². The van der Waals surface area contributed by atoms with E-state index in [4.69, 9.17) is 5.73 Å². The number of benzene rings is 1. The minimum absolute atomic E-state index is 0.180. The van der Waals surface area contributed by atoms with Crippen LogP contribution in [0.4, 0.5) is 0 Å². The average Bonchev–Trinajstić information content (AvgIpc) is 2.41. The second-order valence-corrected chi connectivity index (χ2v) is 8.77. The third-order valence-electron chi connectivity index (χ3n) is 3.57. The Bertz CT molecular complexity index is 641. The molecule has 0 radical (unpaired) electrons. The summed E-state index contributed by atoms with van der Waals surface area (Å²) in [6.07, 6.45) is 1.65. The van der Waals surface area contributed by atoms with Crippen molar-refractivity contribution >= 4 is 47.8 Å². The lowest BCUT2D eigenvalue weighted by Crippen LogP contribution is -2.39. The van der Waals surface area contributed by atoms with Gasteiger partial charge in [-0.3, -0.25) is 4.79 Å². The number of hydrogen-bond donors (Lipinski definition) is 1. The highest BCUT2D eigenvalue weighted by Crippen LogP contribution is 2.31. The normalized spacial score (nSPS) is 17.8. The zero-order valence-electron chi connectivity index (χ0n) is 11.3. The summed E-state index contributed by atoms with van der Waals surface area (Å²) in [5, 5.41) is 0. The Kier molecular flexibility index (Phi) is 5.45. The van der Waals surface area contributed by atoms with Crippen molar-refractivity contribution in [1.82, 2.24) is 4.31 Å². The predicted octanol–water partition coefficient (Wildman–Crippen LogP) is 2.49. The second-order valence-electron chi connectivity index (χ2n) is 5.09. The lowest BCUT2D eigenvalue weighted by Gasteiger charge is -2.31. The highest BCUT2D eigenvalue weighted by atomic mass is 79.9. The first kappa shape index (κ1) is 16.9. The quantitative estimate of drug-likeness (QED) is 0.782. The molecule has 1 aromatic rings. The van der Waals surface area contributed by atoms with Gasteiger partial charge in [0.25, 0.3) is 0 Å². The number of primary amides is 1. The molecule has 0 aliphatic carbocycles. The van der Waals surface area contributed by atoms with Crippen LogP contribution >= 0.6 is 31.9 Å². The van der Waals surface area contributed by atoms with Gasteiger partial charge in [-0.05, 0) is 52.9 Å². The third-order valence-corrected chi connectivity index (χ3v) is 6.96. The van der Waals surface area contributed by atoms with E-state index >= 15 is 0 Å². The molecule has 0 aromatic heterocycles. The molecule has 0 saturated carbocycles. The Labute approximate surface area is 141 Å². The Morgan fingerprint density at radius 3 is 2.48 bits per heavy atom. The van der Waals surface area contributed by atoms with Crippen molar-refractivity contribution in [3.63, 3.8) is 0 Å². The zero-order valence-corrected chi connectivity index (χ0v) is 15.2. The molecule has 1 amide bonds. The van der Waals surface area contributed by atoms with E-state index in [1.54, 1.807) is 18.2 Å². The molecule has 1 heterocycles. The number of nitrogens with zero attached hydrogens (tertiary/aromatic N) is 1. The van der Waals surface area contributed by atoms with Crippen LogP contribution in [0.1, 0.15) is 19.3 Å². The van der Waals surface area contributed by atoms with Crippen molar-refractivity contribution in [3.8, 4) is 0 Å². The third kappa shape index (κ3) is 4.06. The number of amides is 1. The molecule has 0 spiro atoms. The van der Waals surface area contributed by atoms with E-state index in [1.165, 1.54) is 4.31 Å². The van der Waals surface area contributed by atoms with Gasteiger partial charge in [0.15, 0.2) is 0 Å². The van der Waals surface area contributed by atoms with Gasteiger partial charge in [-0.25, -0.2) is 8.42 Å². The summed E-state index contributed by atoms with van der Waals surface area (Å²) in [6.45, 7) is 0.832. The maximum absolute atomic E-state index is 12.7. The molecule has 1 fully saturated rings. The largest absolute Gasteiger partial charge is 0.370 e. The summed E-state index contributed by atoms with van der Waals surface area (Å²) in [6, 6.07) is 5.08. The fourth-order valence-corrected chi connectivity index (χ4v) is 5.39. The van der Waals surface area contributed by atoms with E-state index < -0.39 is 10.0 Å². The number of rotatable bonds is 4. The summed E-state index contributed by atoms with van der Waals surface area (Å²) >= 11 is 6.58. The van der Waals surface area contributed by atoms with E-state index in [2.05, 4.69) is 31.9 Å². The lowest BCUT2D eigenvalue weighted by molar-refractivity contribution is -0.119. The monoisotopic (exact) mass is 438 g/mol. The Hall–Kier alpha value is -0.440. The van der Waals surface area contributed by atoms with E-state index in [0.29, 0.717) is 41.3 Å². The van der Waals surface area contributed by atoms with Gasteiger partial charge in [-0.15, -0.1) is 0 Å². The molecule has 1 aliphatic heterocycles. The highest BCUT2D eigenvalue weighted by molar-refractivity contribution is 9.11. The molecule has 0 unspecified atom stereocenters. The maximum Gasteiger partial charge on any atom is 0.244 e. The number of carbonyl (C=O) groups excluding carboxylic acids is 1. The van der Waals surface area contributed by atoms with Gasteiger partial charge in [0.2, 0.25) is 15.9 Å². The molecule has 5 nitrogen and oxygen atoms in total. The van der Waals surface area contributed by atoms with Crippen LogP contribution in [0.5, 0.6) is 0 Å². The molecule has 116 valence electrons. The molecule has 1 aliphatic rings. The minimum Gasteiger partial charge on any atom is -0.370 e. The van der Waals surface area contributed by atoms with Crippen LogP contribution in [-0.4, -0.2) is 31.7 Å². The summed E-state index contributed by atoms with van der Waals surface area (Å²) in [5.41, 5.74) is 5.19. The first-order chi connectivity index (χ1) is 9.80. The molecule has 1 saturated heterocycles. The molecular weight excluding hydrogens is 424 g/mol. The van der Waals surface area contributed by atoms with Crippen LogP contribution in [0, 0.1) is 5.92 Å². The fourth-order valence-electron chi connectivity index (χ4n) is 2.45. The van der Waals surface area contributed by atoms with E-state index in [1.807, 2.05) is 0 Å². The first-order valence-corrected chi connectivity index (χ1v) is 9.57. The number of hydrogen-bond acceptors (Lipinski definition) is 3. The number of piperidine rings is 1. The molecule has 8 heteroatoms. The summed E-state index contributed by atoms with van der Waals surface area (Å²) < 4.78 is 28.1. The molecular formula is C13H16Br2N2O3S. The number of sulfonamides is 1. The molecule has 21 heavy (non-hydrogen) atoms. The van der Waals surface area contributed by atoms with Crippen LogP contribution in [0.15, 0.2) is 32.0 Å². The van der Waals surface area contributed by atoms with Gasteiger partial charge < -0.3 is 5.73 Å². The first-order valence-electron chi connectivity index (χ1n) is 6.54. The van der Waals surface area contributed by atoms with Crippen molar-refractivity contribution in [2.45, 2.75) is 24.2 Å². The number of halogens is 2. The number of carbonyl (C=O) groups is 1. The van der Waals surface area contributed by atoms with Crippen LogP contribution in [0.3, 0.4) is 0 Å². The minimum atomic E-state index is -3.53. The van der Waals surface area contributed by atoms with Gasteiger partial charge in [-0.1, -0.05) is 15.9 Å². The highest BCUT2D eigenvalue weighted by Gasteiger charge is 2.31.